The van der Waals surface area contributed by atoms with Crippen molar-refractivity contribution in [2.45, 2.75) is 31.7 Å². The topological polar surface area (TPSA) is 38.8 Å². The summed E-state index contributed by atoms with van der Waals surface area (Å²) >= 11 is 0. The highest BCUT2D eigenvalue weighted by Gasteiger charge is 2.36. The molecule has 4 heteroatoms. The van der Waals surface area contributed by atoms with Gasteiger partial charge in [0.15, 0.2) is 0 Å². The molecule has 1 atom stereocenters. The molecule has 1 unspecified atom stereocenters. The molecule has 1 aliphatic heterocycles. The van der Waals surface area contributed by atoms with Crippen molar-refractivity contribution >= 4 is 5.91 Å². The summed E-state index contributed by atoms with van der Waals surface area (Å²) in [6, 6.07) is 16.2. The highest BCUT2D eigenvalue weighted by molar-refractivity contribution is 5.77. The third kappa shape index (κ3) is 3.63. The zero-order valence-electron chi connectivity index (χ0n) is 15.1. The summed E-state index contributed by atoms with van der Waals surface area (Å²) in [5, 5.41) is 0. The third-order valence-electron chi connectivity index (χ3n) is 5.11. The number of benzene rings is 2. The fraction of sp³-hybridized carbons (Fsp3) is 0.381. The van der Waals surface area contributed by atoms with Crippen LogP contribution in [0.2, 0.25) is 0 Å². The molecule has 1 saturated heterocycles. The van der Waals surface area contributed by atoms with E-state index in [4.69, 9.17) is 9.47 Å². The molecule has 0 N–H and O–H groups in total. The predicted octanol–water partition coefficient (Wildman–Crippen LogP) is 3.78. The molecule has 1 amide bonds. The molecular formula is C21H25NO3. The van der Waals surface area contributed by atoms with Gasteiger partial charge in [-0.05, 0) is 24.1 Å². The van der Waals surface area contributed by atoms with Crippen LogP contribution in [0.5, 0.6) is 11.5 Å². The minimum atomic E-state index is -0.0190. The predicted molar refractivity (Wildman–Crippen MR) is 98.0 cm³/mol. The van der Waals surface area contributed by atoms with Crippen LogP contribution in [0, 0.1) is 0 Å². The van der Waals surface area contributed by atoms with E-state index in [2.05, 4.69) is 31.2 Å². The SMILES string of the molecule is COc1ccc(CN2CC(C)(c3ccccc3)CCC2=O)c(OC)c1. The highest BCUT2D eigenvalue weighted by Crippen LogP contribution is 2.35. The van der Waals surface area contributed by atoms with Gasteiger partial charge < -0.3 is 14.4 Å². The molecule has 3 rings (SSSR count). The van der Waals surface area contributed by atoms with Gasteiger partial charge in [0, 0.05) is 36.6 Å². The first-order chi connectivity index (χ1) is 12.1. The Morgan fingerprint density at radius 1 is 1.08 bits per heavy atom. The van der Waals surface area contributed by atoms with Crippen molar-refractivity contribution in [1.82, 2.24) is 4.90 Å². The van der Waals surface area contributed by atoms with Crippen LogP contribution in [0.15, 0.2) is 48.5 Å². The summed E-state index contributed by atoms with van der Waals surface area (Å²) in [5.41, 5.74) is 2.26. The minimum Gasteiger partial charge on any atom is -0.497 e. The molecular weight excluding hydrogens is 314 g/mol. The summed E-state index contributed by atoms with van der Waals surface area (Å²) in [6.45, 7) is 3.51. The van der Waals surface area contributed by atoms with Crippen LogP contribution >= 0.6 is 0 Å². The Hall–Kier alpha value is -2.49. The number of carbonyl (C=O) groups excluding carboxylic acids is 1. The molecule has 2 aromatic carbocycles. The summed E-state index contributed by atoms with van der Waals surface area (Å²) in [4.78, 5) is 14.4. The summed E-state index contributed by atoms with van der Waals surface area (Å²) < 4.78 is 10.7. The number of ether oxygens (including phenoxy) is 2. The average molecular weight is 339 g/mol. The lowest BCUT2D eigenvalue weighted by Gasteiger charge is -2.41. The molecule has 4 nitrogen and oxygen atoms in total. The number of piperidine rings is 1. The zero-order chi connectivity index (χ0) is 17.9. The lowest BCUT2D eigenvalue weighted by molar-refractivity contribution is -0.136. The van der Waals surface area contributed by atoms with E-state index in [1.165, 1.54) is 5.56 Å². The fourth-order valence-electron chi connectivity index (χ4n) is 3.54. The van der Waals surface area contributed by atoms with Crippen molar-refractivity contribution in [2.75, 3.05) is 20.8 Å². The standard InChI is InChI=1S/C21H25NO3/c1-21(17-7-5-4-6-8-17)12-11-20(23)22(15-21)14-16-9-10-18(24-2)13-19(16)25-3/h4-10,13H,11-12,14-15H2,1-3H3. The Labute approximate surface area is 149 Å². The first kappa shape index (κ1) is 17.3. The molecule has 1 heterocycles. The van der Waals surface area contributed by atoms with Crippen molar-refractivity contribution in [3.05, 3.63) is 59.7 Å². The normalized spacial score (nSPS) is 20.4. The largest absolute Gasteiger partial charge is 0.497 e. The lowest BCUT2D eigenvalue weighted by Crippen LogP contribution is -2.47. The molecule has 1 aliphatic rings. The van der Waals surface area contributed by atoms with Gasteiger partial charge >= 0.3 is 0 Å². The number of methoxy groups -OCH3 is 2. The van der Waals surface area contributed by atoms with E-state index in [0.717, 1.165) is 23.5 Å². The zero-order valence-corrected chi connectivity index (χ0v) is 15.1. The number of likely N-dealkylation sites (tertiary alicyclic amines) is 1. The molecule has 25 heavy (non-hydrogen) atoms. The Morgan fingerprint density at radius 2 is 1.84 bits per heavy atom. The number of rotatable bonds is 5. The van der Waals surface area contributed by atoms with Crippen LogP contribution in [0.25, 0.3) is 0 Å². The van der Waals surface area contributed by atoms with Gasteiger partial charge in [-0.15, -0.1) is 0 Å². The first-order valence-corrected chi connectivity index (χ1v) is 8.60. The molecule has 0 spiro atoms. The van der Waals surface area contributed by atoms with Gasteiger partial charge in [-0.2, -0.15) is 0 Å². The van der Waals surface area contributed by atoms with E-state index in [-0.39, 0.29) is 11.3 Å². The second-order valence-corrected chi connectivity index (χ2v) is 6.85. The lowest BCUT2D eigenvalue weighted by atomic mass is 9.75. The molecule has 0 saturated carbocycles. The van der Waals surface area contributed by atoms with Gasteiger partial charge in [-0.1, -0.05) is 37.3 Å². The van der Waals surface area contributed by atoms with Crippen LogP contribution < -0.4 is 9.47 Å². The van der Waals surface area contributed by atoms with Crippen molar-refractivity contribution < 1.29 is 14.3 Å². The molecule has 2 aromatic rings. The van der Waals surface area contributed by atoms with E-state index in [9.17, 15) is 4.79 Å². The van der Waals surface area contributed by atoms with Gasteiger partial charge in [-0.3, -0.25) is 4.79 Å². The molecule has 0 aliphatic carbocycles. The van der Waals surface area contributed by atoms with Crippen molar-refractivity contribution in [1.29, 1.82) is 0 Å². The molecule has 1 fully saturated rings. The van der Waals surface area contributed by atoms with Crippen LogP contribution in [0.1, 0.15) is 30.9 Å². The Kier molecular flexibility index (Phi) is 4.98. The summed E-state index contributed by atoms with van der Waals surface area (Å²) in [7, 11) is 3.28. The molecule has 0 radical (unpaired) electrons. The highest BCUT2D eigenvalue weighted by atomic mass is 16.5. The Bertz CT molecular complexity index is 744. The van der Waals surface area contributed by atoms with E-state index in [1.54, 1.807) is 14.2 Å². The number of hydrogen-bond donors (Lipinski definition) is 0. The van der Waals surface area contributed by atoms with Crippen molar-refractivity contribution in [2.24, 2.45) is 0 Å². The van der Waals surface area contributed by atoms with Crippen molar-refractivity contribution in [3.63, 3.8) is 0 Å². The molecule has 132 valence electrons. The van der Waals surface area contributed by atoms with Crippen molar-refractivity contribution in [3.8, 4) is 11.5 Å². The van der Waals surface area contributed by atoms with E-state index < -0.39 is 0 Å². The monoisotopic (exact) mass is 339 g/mol. The third-order valence-corrected chi connectivity index (χ3v) is 5.11. The number of nitrogens with zero attached hydrogens (tertiary/aromatic N) is 1. The Morgan fingerprint density at radius 3 is 2.52 bits per heavy atom. The van der Waals surface area contributed by atoms with E-state index >= 15 is 0 Å². The van der Waals surface area contributed by atoms with Gasteiger partial charge in [0.25, 0.3) is 0 Å². The second-order valence-electron chi connectivity index (χ2n) is 6.85. The quantitative estimate of drug-likeness (QED) is 0.832. The average Bonchev–Trinajstić information content (AvgIpc) is 2.66. The smallest absolute Gasteiger partial charge is 0.222 e. The van der Waals surface area contributed by atoms with E-state index in [0.29, 0.717) is 19.5 Å². The van der Waals surface area contributed by atoms with Crippen LogP contribution in [-0.2, 0) is 16.8 Å². The van der Waals surface area contributed by atoms with Gasteiger partial charge in [0.2, 0.25) is 5.91 Å². The first-order valence-electron chi connectivity index (χ1n) is 8.60. The summed E-state index contributed by atoms with van der Waals surface area (Å²) in [5.74, 6) is 1.70. The van der Waals surface area contributed by atoms with Crippen LogP contribution in [-0.4, -0.2) is 31.6 Å². The number of hydrogen-bond acceptors (Lipinski definition) is 3. The fourth-order valence-corrected chi connectivity index (χ4v) is 3.54. The van der Waals surface area contributed by atoms with Gasteiger partial charge in [-0.25, -0.2) is 0 Å². The number of amides is 1. The Balaban J connectivity index is 1.83. The van der Waals surface area contributed by atoms with Crippen LogP contribution in [0.3, 0.4) is 0 Å². The van der Waals surface area contributed by atoms with E-state index in [1.807, 2.05) is 29.2 Å². The maximum Gasteiger partial charge on any atom is 0.222 e. The second kappa shape index (κ2) is 7.18. The maximum absolute atomic E-state index is 12.5. The van der Waals surface area contributed by atoms with Gasteiger partial charge in [0.05, 0.1) is 14.2 Å². The summed E-state index contributed by atoms with van der Waals surface area (Å²) in [6.07, 6.45) is 1.45. The number of carbonyl (C=O) groups is 1. The van der Waals surface area contributed by atoms with Gasteiger partial charge in [0.1, 0.15) is 11.5 Å². The molecule has 0 aromatic heterocycles. The maximum atomic E-state index is 12.5. The molecule has 0 bridgehead atoms. The van der Waals surface area contributed by atoms with Crippen LogP contribution in [0.4, 0.5) is 0 Å². The minimum absolute atomic E-state index is 0.0190.